The van der Waals surface area contributed by atoms with Gasteiger partial charge in [0.25, 0.3) is 22.7 Å². The molecule has 2 heterocycles. The second kappa shape index (κ2) is 11.4. The summed E-state index contributed by atoms with van der Waals surface area (Å²) in [7, 11) is 0. The molecule has 2 aliphatic rings. The van der Waals surface area contributed by atoms with Crippen LogP contribution in [0.4, 0.5) is 22.7 Å². The molecule has 0 aliphatic carbocycles. The zero-order valence-corrected chi connectivity index (χ0v) is 29.0. The smallest absolute Gasteiger partial charge is 0.248 e. The van der Waals surface area contributed by atoms with Gasteiger partial charge in [0.05, 0.1) is 11.1 Å². The number of fused-ring (bicyclic) bond motifs is 2. The molecule has 39 heavy (non-hydrogen) atoms. The third-order valence-corrected chi connectivity index (χ3v) is 8.03. The van der Waals surface area contributed by atoms with E-state index in [1.165, 1.54) is 34.6 Å². The van der Waals surface area contributed by atoms with Crippen LogP contribution in [0.15, 0.2) is 48.5 Å². The van der Waals surface area contributed by atoms with Gasteiger partial charge in [0, 0.05) is 65.8 Å². The van der Waals surface area contributed by atoms with Crippen LogP contribution in [0, 0.1) is 11.8 Å². The average Bonchev–Trinajstić information content (AvgIpc) is 3.39. The minimum absolute atomic E-state index is 0. The molecule has 0 radical (unpaired) electrons. The quantitative estimate of drug-likeness (QED) is 0.223. The molecular formula is C34H50N4Pt+4. The molecule has 5 heteroatoms. The van der Waals surface area contributed by atoms with Crippen molar-refractivity contribution in [3.05, 3.63) is 60.4 Å². The van der Waals surface area contributed by atoms with Gasteiger partial charge in [0.15, 0.2) is 11.1 Å². The Bertz CT molecular complexity index is 1240. The molecule has 0 fully saturated rings. The molecule has 2 aromatic carbocycles. The first kappa shape index (κ1) is 33.1. The van der Waals surface area contributed by atoms with Gasteiger partial charge < -0.3 is 0 Å². The Morgan fingerprint density at radius 2 is 0.692 bits per heavy atom. The van der Waals surface area contributed by atoms with Gasteiger partial charge in [-0.05, 0) is 27.7 Å². The summed E-state index contributed by atoms with van der Waals surface area (Å²) in [5, 5.41) is 0. The van der Waals surface area contributed by atoms with E-state index in [1.807, 2.05) is 0 Å². The maximum absolute atomic E-state index is 3.56. The van der Waals surface area contributed by atoms with Crippen LogP contribution >= 0.6 is 0 Å². The zero-order valence-electron chi connectivity index (χ0n) is 26.7. The number of para-hydroxylation sites is 4. The first-order valence-electron chi connectivity index (χ1n) is 13.8. The van der Waals surface area contributed by atoms with Crippen LogP contribution in [-0.4, -0.2) is 52.5 Å². The number of benzene rings is 2. The van der Waals surface area contributed by atoms with Gasteiger partial charge in [-0.15, -0.1) is 9.15 Å². The summed E-state index contributed by atoms with van der Waals surface area (Å²) in [6, 6.07) is 24.2. The number of hydrogen-bond acceptors (Lipinski definition) is 0. The molecule has 4 nitrogen and oxygen atoms in total. The monoisotopic (exact) mass is 709 g/mol. The van der Waals surface area contributed by atoms with E-state index < -0.39 is 0 Å². The first-order chi connectivity index (χ1) is 17.3. The maximum atomic E-state index is 3.56. The molecule has 0 unspecified atom stereocenters. The largest absolute Gasteiger partial charge is 2.00 e. The molecule has 2 aliphatic heterocycles. The standard InChI is InChI=1S/2C17H25N2.Pt/c2*1-13(2)17(6,7)19-12-18(16(3,4)5)14-10-8-9-11-15(14)19;/h2*8-11H,1-7H3;/q2*+1;+2. The van der Waals surface area contributed by atoms with E-state index in [-0.39, 0.29) is 43.2 Å². The predicted molar refractivity (Wildman–Crippen MR) is 159 cm³/mol. The Balaban J connectivity index is 0.000000267. The van der Waals surface area contributed by atoms with Crippen molar-refractivity contribution in [2.24, 2.45) is 0 Å². The summed E-state index contributed by atoms with van der Waals surface area (Å²) in [5.41, 5.74) is 4.96. The van der Waals surface area contributed by atoms with Crippen LogP contribution in [-0.2, 0) is 21.1 Å². The van der Waals surface area contributed by atoms with E-state index in [4.69, 9.17) is 0 Å². The third kappa shape index (κ3) is 6.46. The summed E-state index contributed by atoms with van der Waals surface area (Å²) < 4.78 is 9.02. The second-order valence-electron chi connectivity index (χ2n) is 14.0. The topological polar surface area (TPSA) is 12.0 Å². The van der Waals surface area contributed by atoms with Crippen LogP contribution in [0.2, 0.25) is 0 Å². The molecule has 0 atom stereocenters. The van der Waals surface area contributed by atoms with Crippen molar-refractivity contribution >= 4 is 34.8 Å². The summed E-state index contributed by atoms with van der Waals surface area (Å²) in [6.45, 7) is 31.0. The van der Waals surface area contributed by atoms with E-state index in [0.717, 1.165) is 0 Å². The molecule has 0 spiro atoms. The third-order valence-electron chi connectivity index (χ3n) is 8.03. The minimum atomic E-state index is -0.0316. The fourth-order valence-electron chi connectivity index (χ4n) is 4.42. The second-order valence-corrected chi connectivity index (χ2v) is 14.0. The normalized spacial score (nSPS) is 15.0. The van der Waals surface area contributed by atoms with Crippen molar-refractivity contribution in [1.82, 2.24) is 0 Å². The Morgan fingerprint density at radius 1 is 0.462 bits per heavy atom. The van der Waals surface area contributed by atoms with Gasteiger partial charge in [0.2, 0.25) is 0 Å². The maximum Gasteiger partial charge on any atom is 2.00 e. The van der Waals surface area contributed by atoms with Crippen LogP contribution < -0.4 is 0 Å². The first-order valence-corrected chi connectivity index (χ1v) is 13.8. The number of nitrogens with zero attached hydrogens (tertiary/aromatic N) is 4. The summed E-state index contributed by atoms with van der Waals surface area (Å²) in [5.74, 6) is 2.76. The zero-order chi connectivity index (χ0) is 28.8. The Labute approximate surface area is 252 Å². The van der Waals surface area contributed by atoms with E-state index in [2.05, 4.69) is 176 Å². The van der Waals surface area contributed by atoms with Crippen molar-refractivity contribution < 1.29 is 39.4 Å². The van der Waals surface area contributed by atoms with E-state index in [1.54, 1.807) is 0 Å². The predicted octanol–water partition coefficient (Wildman–Crippen LogP) is 8.70. The summed E-state index contributed by atoms with van der Waals surface area (Å²) >= 11 is 0. The molecule has 2 aromatic rings. The Morgan fingerprint density at radius 3 is 0.897 bits per heavy atom. The van der Waals surface area contributed by atoms with Crippen LogP contribution in [0.3, 0.4) is 0 Å². The van der Waals surface area contributed by atoms with Crippen molar-refractivity contribution in [3.63, 3.8) is 0 Å². The Hall–Kier alpha value is -2.11. The molecular weight excluding hydrogens is 659 g/mol. The van der Waals surface area contributed by atoms with Crippen molar-refractivity contribution in [2.45, 2.75) is 119 Å². The van der Waals surface area contributed by atoms with Gasteiger partial charge in [-0.1, -0.05) is 33.4 Å². The van der Waals surface area contributed by atoms with Gasteiger partial charge in [-0.2, -0.15) is 27.7 Å². The summed E-state index contributed by atoms with van der Waals surface area (Å²) in [4.78, 5) is 0. The van der Waals surface area contributed by atoms with Gasteiger partial charge >= 0.3 is 33.1 Å². The van der Waals surface area contributed by atoms with Gasteiger partial charge in [-0.25, -0.2) is 11.8 Å². The Kier molecular flexibility index (Phi) is 9.68. The van der Waals surface area contributed by atoms with Crippen molar-refractivity contribution in [2.75, 3.05) is 0 Å². The van der Waals surface area contributed by atoms with Crippen LogP contribution in [0.1, 0.15) is 96.9 Å². The molecule has 212 valence electrons. The minimum Gasteiger partial charge on any atom is -0.248 e. The van der Waals surface area contributed by atoms with E-state index >= 15 is 0 Å². The summed E-state index contributed by atoms with van der Waals surface area (Å²) in [6.07, 6.45) is 0. The molecule has 0 amide bonds. The number of hydrogen-bond donors (Lipinski definition) is 0. The van der Waals surface area contributed by atoms with Gasteiger partial charge in [0.1, 0.15) is 0 Å². The van der Waals surface area contributed by atoms with Crippen LogP contribution in [0.25, 0.3) is 0 Å². The van der Waals surface area contributed by atoms with E-state index in [0.29, 0.717) is 0 Å². The van der Waals surface area contributed by atoms with Gasteiger partial charge in [-0.3, -0.25) is 0 Å². The molecule has 0 N–H and O–H groups in total. The fourth-order valence-corrected chi connectivity index (χ4v) is 4.42. The van der Waals surface area contributed by atoms with E-state index in [9.17, 15) is 0 Å². The van der Waals surface area contributed by atoms with Crippen LogP contribution in [0.5, 0.6) is 0 Å². The molecule has 0 saturated carbocycles. The average molecular weight is 710 g/mol. The fraction of sp³-hybridized carbons (Fsp3) is 0.529. The number of rotatable bonds is 4. The molecule has 0 bridgehead atoms. The van der Waals surface area contributed by atoms with Crippen molar-refractivity contribution in [3.8, 4) is 0 Å². The SMILES string of the molecule is C[C-](C)C(C)(C)[N+]1=C=[N+](C(C)(C)C)c2ccccc21.C[C-](C)C(C)(C)[N+]1=C=[N+](C(C)(C)C)c2ccccc21.[Pt+2]. The molecule has 0 saturated heterocycles. The molecule has 4 rings (SSSR count). The molecule has 0 aromatic heterocycles. The van der Waals surface area contributed by atoms with Crippen molar-refractivity contribution in [1.29, 1.82) is 0 Å².